The van der Waals surface area contributed by atoms with Crippen molar-refractivity contribution in [3.8, 4) is 5.75 Å². The molecule has 0 saturated carbocycles. The first-order valence-corrected chi connectivity index (χ1v) is 6.71. The monoisotopic (exact) mass is 248 g/mol. The van der Waals surface area contributed by atoms with Crippen LogP contribution in [0.5, 0.6) is 5.75 Å². The standard InChI is InChI=1S/C15H24N2O/c1-11(16)9-17-10-15(2,3)13-4-5-14-12(8-13)6-7-18-14/h4-5,8,11,17H,6-7,9-10,16H2,1-3H3. The average Bonchev–Trinajstić information content (AvgIpc) is 2.74. The van der Waals surface area contributed by atoms with Gasteiger partial charge >= 0.3 is 0 Å². The van der Waals surface area contributed by atoms with E-state index in [1.807, 2.05) is 6.92 Å². The Labute approximate surface area is 110 Å². The molecule has 3 N–H and O–H groups in total. The number of ether oxygens (including phenoxy) is 1. The molecule has 1 aromatic carbocycles. The van der Waals surface area contributed by atoms with Gasteiger partial charge in [-0.1, -0.05) is 26.0 Å². The van der Waals surface area contributed by atoms with Crippen molar-refractivity contribution >= 4 is 0 Å². The van der Waals surface area contributed by atoms with Crippen LogP contribution in [0.2, 0.25) is 0 Å². The van der Waals surface area contributed by atoms with Crippen LogP contribution in [-0.2, 0) is 11.8 Å². The SMILES string of the molecule is CC(N)CNCC(C)(C)c1ccc2c(c1)CCO2. The molecule has 3 nitrogen and oxygen atoms in total. The molecule has 1 aliphatic rings. The number of nitrogens with one attached hydrogen (secondary N) is 1. The van der Waals surface area contributed by atoms with Gasteiger partial charge in [-0.05, 0) is 24.1 Å². The topological polar surface area (TPSA) is 47.3 Å². The first-order valence-electron chi connectivity index (χ1n) is 6.71. The molecule has 18 heavy (non-hydrogen) atoms. The van der Waals surface area contributed by atoms with Crippen molar-refractivity contribution in [2.75, 3.05) is 19.7 Å². The van der Waals surface area contributed by atoms with Gasteiger partial charge in [-0.3, -0.25) is 0 Å². The van der Waals surface area contributed by atoms with Crippen molar-refractivity contribution in [2.45, 2.75) is 38.6 Å². The molecule has 0 spiro atoms. The number of hydrogen-bond acceptors (Lipinski definition) is 3. The van der Waals surface area contributed by atoms with Gasteiger partial charge in [-0.25, -0.2) is 0 Å². The van der Waals surface area contributed by atoms with Gasteiger partial charge < -0.3 is 15.8 Å². The van der Waals surface area contributed by atoms with E-state index in [4.69, 9.17) is 10.5 Å². The lowest BCUT2D eigenvalue weighted by atomic mass is 9.83. The third kappa shape index (κ3) is 3.03. The Balaban J connectivity index is 2.04. The van der Waals surface area contributed by atoms with Crippen molar-refractivity contribution in [2.24, 2.45) is 5.73 Å². The Kier molecular flexibility index (Phi) is 3.93. The molecule has 1 heterocycles. The van der Waals surface area contributed by atoms with Crippen molar-refractivity contribution in [3.05, 3.63) is 29.3 Å². The van der Waals surface area contributed by atoms with Crippen LogP contribution >= 0.6 is 0 Å². The molecule has 1 atom stereocenters. The van der Waals surface area contributed by atoms with Crippen molar-refractivity contribution in [1.82, 2.24) is 5.32 Å². The fourth-order valence-corrected chi connectivity index (χ4v) is 2.32. The molecule has 1 unspecified atom stereocenters. The van der Waals surface area contributed by atoms with E-state index >= 15 is 0 Å². The summed E-state index contributed by atoms with van der Waals surface area (Å²) in [6, 6.07) is 6.77. The fourth-order valence-electron chi connectivity index (χ4n) is 2.32. The maximum absolute atomic E-state index is 5.76. The molecule has 2 rings (SSSR count). The van der Waals surface area contributed by atoms with E-state index in [1.165, 1.54) is 11.1 Å². The van der Waals surface area contributed by atoms with Crippen LogP contribution in [0.15, 0.2) is 18.2 Å². The van der Waals surface area contributed by atoms with E-state index in [9.17, 15) is 0 Å². The third-order valence-corrected chi connectivity index (χ3v) is 3.50. The van der Waals surface area contributed by atoms with Crippen molar-refractivity contribution in [1.29, 1.82) is 0 Å². The maximum Gasteiger partial charge on any atom is 0.122 e. The Hall–Kier alpha value is -1.06. The fraction of sp³-hybridized carbons (Fsp3) is 0.600. The first kappa shape index (κ1) is 13.4. The van der Waals surface area contributed by atoms with Crippen LogP contribution in [0.25, 0.3) is 0 Å². The first-order chi connectivity index (χ1) is 8.49. The molecule has 0 saturated heterocycles. The van der Waals surface area contributed by atoms with Crippen molar-refractivity contribution < 1.29 is 4.74 Å². The van der Waals surface area contributed by atoms with Crippen LogP contribution in [0.1, 0.15) is 31.9 Å². The van der Waals surface area contributed by atoms with Crippen LogP contribution < -0.4 is 15.8 Å². The summed E-state index contributed by atoms with van der Waals surface area (Å²) in [6.45, 7) is 9.16. The Bertz CT molecular complexity index is 413. The highest BCUT2D eigenvalue weighted by Gasteiger charge is 2.22. The summed E-state index contributed by atoms with van der Waals surface area (Å²) in [7, 11) is 0. The summed E-state index contributed by atoms with van der Waals surface area (Å²) < 4.78 is 5.55. The van der Waals surface area contributed by atoms with Gasteiger partial charge in [0.05, 0.1) is 6.61 Å². The van der Waals surface area contributed by atoms with Crippen LogP contribution in [0, 0.1) is 0 Å². The molecule has 100 valence electrons. The van der Waals surface area contributed by atoms with Crippen molar-refractivity contribution in [3.63, 3.8) is 0 Å². The quantitative estimate of drug-likeness (QED) is 0.836. The number of rotatable bonds is 5. The molecular formula is C15H24N2O. The number of hydrogen-bond donors (Lipinski definition) is 2. The van der Waals surface area contributed by atoms with E-state index in [0.29, 0.717) is 0 Å². The molecule has 0 fully saturated rings. The van der Waals surface area contributed by atoms with Gasteiger partial charge in [-0.15, -0.1) is 0 Å². The summed E-state index contributed by atoms with van der Waals surface area (Å²) in [4.78, 5) is 0. The Morgan fingerprint density at radius 1 is 1.44 bits per heavy atom. The minimum Gasteiger partial charge on any atom is -0.493 e. The largest absolute Gasteiger partial charge is 0.493 e. The second-order valence-corrected chi connectivity index (χ2v) is 5.91. The van der Waals surface area contributed by atoms with Gasteiger partial charge in [0.25, 0.3) is 0 Å². The van der Waals surface area contributed by atoms with Gasteiger partial charge in [0.1, 0.15) is 5.75 Å². The lowest BCUT2D eigenvalue weighted by Gasteiger charge is -2.26. The van der Waals surface area contributed by atoms with Crippen LogP contribution in [0.4, 0.5) is 0 Å². The molecule has 3 heteroatoms. The normalized spacial score (nSPS) is 16.2. The predicted molar refractivity (Wildman–Crippen MR) is 75.2 cm³/mol. The van der Waals surface area contributed by atoms with Gasteiger partial charge in [0.15, 0.2) is 0 Å². The number of fused-ring (bicyclic) bond motifs is 1. The average molecular weight is 248 g/mol. The molecule has 1 aliphatic heterocycles. The number of nitrogens with two attached hydrogens (primary N) is 1. The molecule has 0 aromatic heterocycles. The lowest BCUT2D eigenvalue weighted by Crippen LogP contribution is -2.38. The highest BCUT2D eigenvalue weighted by Crippen LogP contribution is 2.31. The van der Waals surface area contributed by atoms with E-state index in [1.54, 1.807) is 0 Å². The molecule has 0 amide bonds. The zero-order valence-corrected chi connectivity index (χ0v) is 11.6. The zero-order chi connectivity index (χ0) is 13.2. The molecule has 0 radical (unpaired) electrons. The minimum absolute atomic E-state index is 0.118. The van der Waals surface area contributed by atoms with Crippen LogP contribution in [-0.4, -0.2) is 25.7 Å². The highest BCUT2D eigenvalue weighted by molar-refractivity contribution is 5.42. The van der Waals surface area contributed by atoms with Gasteiger partial charge in [0, 0.05) is 31.0 Å². The highest BCUT2D eigenvalue weighted by atomic mass is 16.5. The molecule has 0 aliphatic carbocycles. The van der Waals surface area contributed by atoms with E-state index < -0.39 is 0 Å². The molecule has 1 aromatic rings. The minimum atomic E-state index is 0.118. The van der Waals surface area contributed by atoms with E-state index in [2.05, 4.69) is 37.4 Å². The summed E-state index contributed by atoms with van der Waals surface area (Å²) in [5.74, 6) is 1.05. The molecule has 0 bridgehead atoms. The molecular weight excluding hydrogens is 224 g/mol. The summed E-state index contributed by atoms with van der Waals surface area (Å²) in [5.41, 5.74) is 8.58. The maximum atomic E-state index is 5.76. The Morgan fingerprint density at radius 3 is 2.94 bits per heavy atom. The van der Waals surface area contributed by atoms with E-state index in [-0.39, 0.29) is 11.5 Å². The second kappa shape index (κ2) is 5.29. The Morgan fingerprint density at radius 2 is 2.22 bits per heavy atom. The van der Waals surface area contributed by atoms with Crippen LogP contribution in [0.3, 0.4) is 0 Å². The smallest absolute Gasteiger partial charge is 0.122 e. The van der Waals surface area contributed by atoms with Gasteiger partial charge in [0.2, 0.25) is 0 Å². The second-order valence-electron chi connectivity index (χ2n) is 5.91. The summed E-state index contributed by atoms with van der Waals surface area (Å²) in [6.07, 6.45) is 1.03. The predicted octanol–water partition coefficient (Wildman–Crippen LogP) is 1.84. The third-order valence-electron chi connectivity index (χ3n) is 3.50. The zero-order valence-electron chi connectivity index (χ0n) is 11.6. The lowest BCUT2D eigenvalue weighted by molar-refractivity contribution is 0.356. The number of benzene rings is 1. The summed E-state index contributed by atoms with van der Waals surface area (Å²) in [5, 5.41) is 3.44. The summed E-state index contributed by atoms with van der Waals surface area (Å²) >= 11 is 0. The van der Waals surface area contributed by atoms with E-state index in [0.717, 1.165) is 31.9 Å². The van der Waals surface area contributed by atoms with Gasteiger partial charge in [-0.2, -0.15) is 0 Å².